The Labute approximate surface area is 140 Å². The Morgan fingerprint density at radius 3 is 2.38 bits per heavy atom. The van der Waals surface area contributed by atoms with E-state index in [9.17, 15) is 4.79 Å². The van der Waals surface area contributed by atoms with Gasteiger partial charge in [0.15, 0.2) is 5.78 Å². The first-order chi connectivity index (χ1) is 11.7. The monoisotopic (exact) mass is 317 g/mol. The summed E-state index contributed by atoms with van der Waals surface area (Å²) in [5.74, 6) is 0.947. The van der Waals surface area contributed by atoms with Crippen LogP contribution >= 0.6 is 0 Å². The standard InChI is InChI=1S/C21H19NO2/c1-4-16-18-6-5-7-19-17(13(2)23)12-20(22(18)19)21(16)14-8-10-15(24-3)11-9-14/h5-12H,4H2,1-3H3. The van der Waals surface area contributed by atoms with Crippen molar-refractivity contribution in [3.8, 4) is 16.9 Å². The third kappa shape index (κ3) is 1.94. The molecule has 3 nitrogen and oxygen atoms in total. The average Bonchev–Trinajstić information content (AvgIpc) is 3.14. The maximum atomic E-state index is 12.0. The van der Waals surface area contributed by atoms with E-state index in [1.165, 1.54) is 16.6 Å². The molecule has 3 heterocycles. The number of hydrogen-bond acceptors (Lipinski definition) is 2. The molecule has 24 heavy (non-hydrogen) atoms. The molecule has 0 unspecified atom stereocenters. The summed E-state index contributed by atoms with van der Waals surface area (Å²) in [6.45, 7) is 3.81. The van der Waals surface area contributed by atoms with Crippen LogP contribution in [0.2, 0.25) is 0 Å². The zero-order valence-electron chi connectivity index (χ0n) is 14.1. The van der Waals surface area contributed by atoms with E-state index < -0.39 is 0 Å². The van der Waals surface area contributed by atoms with Crippen molar-refractivity contribution < 1.29 is 9.53 Å². The van der Waals surface area contributed by atoms with Gasteiger partial charge in [-0.05, 0) is 54.8 Å². The first kappa shape index (κ1) is 14.8. The molecule has 0 atom stereocenters. The molecule has 0 N–H and O–H groups in total. The molecule has 0 aliphatic rings. The van der Waals surface area contributed by atoms with Crippen LogP contribution in [0.5, 0.6) is 5.75 Å². The van der Waals surface area contributed by atoms with E-state index in [1.54, 1.807) is 14.0 Å². The zero-order valence-corrected chi connectivity index (χ0v) is 14.1. The Morgan fingerprint density at radius 2 is 1.75 bits per heavy atom. The van der Waals surface area contributed by atoms with Crippen LogP contribution in [0.3, 0.4) is 0 Å². The molecule has 0 amide bonds. The maximum absolute atomic E-state index is 12.0. The van der Waals surface area contributed by atoms with E-state index in [0.717, 1.165) is 34.3 Å². The van der Waals surface area contributed by atoms with Gasteiger partial charge in [-0.3, -0.25) is 4.79 Å². The highest BCUT2D eigenvalue weighted by Gasteiger charge is 2.21. The number of aryl methyl sites for hydroxylation is 1. The minimum Gasteiger partial charge on any atom is -0.497 e. The van der Waals surface area contributed by atoms with Gasteiger partial charge in [-0.25, -0.2) is 0 Å². The van der Waals surface area contributed by atoms with E-state index in [-0.39, 0.29) is 5.78 Å². The number of carbonyl (C=O) groups excluding carboxylic acids is 1. The topological polar surface area (TPSA) is 30.7 Å². The van der Waals surface area contributed by atoms with Crippen molar-refractivity contribution in [2.24, 2.45) is 0 Å². The molecule has 0 radical (unpaired) electrons. The molecule has 4 rings (SSSR count). The second-order valence-corrected chi connectivity index (χ2v) is 6.07. The minimum atomic E-state index is 0.102. The van der Waals surface area contributed by atoms with Crippen molar-refractivity contribution in [1.82, 2.24) is 4.40 Å². The van der Waals surface area contributed by atoms with Crippen molar-refractivity contribution in [3.63, 3.8) is 0 Å². The Hall–Kier alpha value is -2.81. The van der Waals surface area contributed by atoms with Crippen LogP contribution in [0, 0.1) is 0 Å². The van der Waals surface area contributed by atoms with Crippen molar-refractivity contribution >= 4 is 22.3 Å². The zero-order chi connectivity index (χ0) is 16.8. The number of carbonyl (C=O) groups is 1. The Morgan fingerprint density at radius 1 is 1.04 bits per heavy atom. The summed E-state index contributed by atoms with van der Waals surface area (Å²) in [5.41, 5.74) is 7.74. The number of pyridine rings is 1. The van der Waals surface area contributed by atoms with Crippen molar-refractivity contribution in [2.75, 3.05) is 7.11 Å². The Bertz CT molecular complexity index is 1040. The maximum Gasteiger partial charge on any atom is 0.161 e. The highest BCUT2D eigenvalue weighted by Crippen LogP contribution is 2.39. The third-order valence-electron chi connectivity index (χ3n) is 4.77. The highest BCUT2D eigenvalue weighted by atomic mass is 16.5. The van der Waals surface area contributed by atoms with Crippen LogP contribution in [-0.2, 0) is 6.42 Å². The molecule has 0 fully saturated rings. The third-order valence-corrected chi connectivity index (χ3v) is 4.77. The van der Waals surface area contributed by atoms with Crippen LogP contribution in [0.15, 0.2) is 48.5 Å². The summed E-state index contributed by atoms with van der Waals surface area (Å²) in [7, 11) is 1.67. The van der Waals surface area contributed by atoms with Gasteiger partial charge in [0.05, 0.1) is 23.7 Å². The lowest BCUT2D eigenvalue weighted by molar-refractivity contribution is 0.101. The summed E-state index contributed by atoms with van der Waals surface area (Å²) in [5, 5.41) is 0. The van der Waals surface area contributed by atoms with Crippen LogP contribution in [-0.4, -0.2) is 17.3 Å². The Kier molecular flexibility index (Phi) is 3.31. The first-order valence-corrected chi connectivity index (χ1v) is 8.19. The van der Waals surface area contributed by atoms with E-state index >= 15 is 0 Å². The molecule has 3 heteroatoms. The SMILES string of the molecule is CCc1c(-c2ccc(OC)cc2)c2cc(C(C)=O)c3cccc1n32. The predicted octanol–water partition coefficient (Wildman–Crippen LogP) is 4.97. The first-order valence-electron chi connectivity index (χ1n) is 8.19. The molecule has 1 aromatic carbocycles. The molecular formula is C21H19NO2. The van der Waals surface area contributed by atoms with Crippen molar-refractivity contribution in [2.45, 2.75) is 20.3 Å². The van der Waals surface area contributed by atoms with E-state index in [4.69, 9.17) is 4.74 Å². The van der Waals surface area contributed by atoms with Crippen LogP contribution in [0.25, 0.3) is 27.7 Å². The molecule has 0 bridgehead atoms. The second kappa shape index (κ2) is 5.38. The lowest BCUT2D eigenvalue weighted by Gasteiger charge is -2.05. The Balaban J connectivity index is 2.10. The van der Waals surface area contributed by atoms with Crippen LogP contribution in [0.4, 0.5) is 0 Å². The molecule has 0 saturated heterocycles. The molecule has 0 spiro atoms. The summed E-state index contributed by atoms with van der Waals surface area (Å²) in [6, 6.07) is 16.4. The number of aromatic nitrogens is 1. The van der Waals surface area contributed by atoms with Gasteiger partial charge in [0.2, 0.25) is 0 Å². The van der Waals surface area contributed by atoms with Gasteiger partial charge in [0.25, 0.3) is 0 Å². The van der Waals surface area contributed by atoms with E-state index in [1.807, 2.05) is 30.3 Å². The lowest BCUT2D eigenvalue weighted by Crippen LogP contribution is -1.92. The molecule has 120 valence electrons. The molecule has 0 saturated carbocycles. The second-order valence-electron chi connectivity index (χ2n) is 6.07. The van der Waals surface area contributed by atoms with Gasteiger partial charge in [-0.2, -0.15) is 0 Å². The normalized spacial score (nSPS) is 11.5. The quantitative estimate of drug-likeness (QED) is 0.497. The molecule has 0 aliphatic heterocycles. The number of benzene rings is 1. The van der Waals surface area contributed by atoms with Gasteiger partial charge in [0, 0.05) is 11.1 Å². The van der Waals surface area contributed by atoms with Crippen molar-refractivity contribution in [1.29, 1.82) is 0 Å². The summed E-state index contributed by atoms with van der Waals surface area (Å²) in [4.78, 5) is 12.0. The number of methoxy groups -OCH3 is 1. The number of nitrogens with zero attached hydrogens (tertiary/aromatic N) is 1. The highest BCUT2D eigenvalue weighted by molar-refractivity contribution is 6.07. The van der Waals surface area contributed by atoms with Gasteiger partial charge in [0.1, 0.15) is 5.75 Å². The van der Waals surface area contributed by atoms with Gasteiger partial charge >= 0.3 is 0 Å². The predicted molar refractivity (Wildman–Crippen MR) is 97.5 cm³/mol. The van der Waals surface area contributed by atoms with Gasteiger partial charge < -0.3 is 9.14 Å². The number of ether oxygens (including phenoxy) is 1. The fraction of sp³-hybridized carbons (Fsp3) is 0.190. The molecule has 3 aromatic heterocycles. The summed E-state index contributed by atoms with van der Waals surface area (Å²) in [6.07, 6.45) is 0.942. The number of rotatable bonds is 4. The summed E-state index contributed by atoms with van der Waals surface area (Å²) >= 11 is 0. The number of Topliss-reactive ketones (excluding diaryl/α,β-unsaturated/α-hetero) is 1. The number of hydrogen-bond donors (Lipinski definition) is 0. The van der Waals surface area contributed by atoms with E-state index in [2.05, 4.69) is 29.5 Å². The summed E-state index contributed by atoms with van der Waals surface area (Å²) < 4.78 is 7.49. The molecule has 0 aliphatic carbocycles. The van der Waals surface area contributed by atoms with Gasteiger partial charge in [-0.1, -0.05) is 25.1 Å². The minimum absolute atomic E-state index is 0.102. The lowest BCUT2D eigenvalue weighted by atomic mass is 9.99. The number of ketones is 1. The smallest absolute Gasteiger partial charge is 0.161 e. The largest absolute Gasteiger partial charge is 0.497 e. The fourth-order valence-corrected chi connectivity index (χ4v) is 3.68. The fourth-order valence-electron chi connectivity index (χ4n) is 3.68. The molecular weight excluding hydrogens is 298 g/mol. The molecule has 4 aromatic rings. The van der Waals surface area contributed by atoms with Crippen LogP contribution in [0.1, 0.15) is 29.8 Å². The van der Waals surface area contributed by atoms with Crippen LogP contribution < -0.4 is 4.74 Å². The van der Waals surface area contributed by atoms with E-state index in [0.29, 0.717) is 0 Å². The van der Waals surface area contributed by atoms with Gasteiger partial charge in [-0.15, -0.1) is 0 Å². The van der Waals surface area contributed by atoms with Crippen molar-refractivity contribution in [3.05, 3.63) is 59.7 Å². The average molecular weight is 317 g/mol.